The van der Waals surface area contributed by atoms with E-state index in [4.69, 9.17) is 4.74 Å². The van der Waals surface area contributed by atoms with Crippen LogP contribution in [0.3, 0.4) is 0 Å². The van der Waals surface area contributed by atoms with Crippen molar-refractivity contribution in [2.75, 3.05) is 0 Å². The molecule has 0 aromatic carbocycles. The van der Waals surface area contributed by atoms with Crippen molar-refractivity contribution >= 4 is 0 Å². The molecule has 2 aliphatic rings. The predicted octanol–water partition coefficient (Wildman–Crippen LogP) is 2.07. The molecule has 0 radical (unpaired) electrons. The molecule has 1 heteroatoms. The van der Waals surface area contributed by atoms with Gasteiger partial charge in [-0.05, 0) is 24.2 Å². The van der Waals surface area contributed by atoms with E-state index < -0.39 is 0 Å². The fourth-order valence-electron chi connectivity index (χ4n) is 2.21. The highest BCUT2D eigenvalue weighted by Gasteiger charge is 2.50. The van der Waals surface area contributed by atoms with Crippen molar-refractivity contribution in [1.82, 2.24) is 0 Å². The quantitative estimate of drug-likeness (QED) is 0.469. The molecule has 0 amide bonds. The van der Waals surface area contributed by atoms with Gasteiger partial charge >= 0.3 is 0 Å². The Morgan fingerprint density at radius 3 is 2.50 bits per heavy atom. The molecule has 58 valence electrons. The van der Waals surface area contributed by atoms with Gasteiger partial charge in [-0.25, -0.2) is 0 Å². The maximum absolute atomic E-state index is 5.53. The molecule has 10 heavy (non-hydrogen) atoms. The van der Waals surface area contributed by atoms with E-state index in [9.17, 15) is 0 Å². The Labute approximate surface area is 62.8 Å². The molecular weight excluding hydrogens is 124 g/mol. The van der Waals surface area contributed by atoms with Gasteiger partial charge in [0.25, 0.3) is 0 Å². The van der Waals surface area contributed by atoms with Crippen molar-refractivity contribution in [3.63, 3.8) is 0 Å². The maximum atomic E-state index is 5.53. The lowest BCUT2D eigenvalue weighted by molar-refractivity contribution is 0.221. The molecule has 5 atom stereocenters. The lowest BCUT2D eigenvalue weighted by Gasteiger charge is -2.28. The number of rotatable bonds is 0. The Balaban J connectivity index is 2.07. The molecule has 0 aromatic rings. The largest absolute Gasteiger partial charge is 0.369 e. The average Bonchev–Trinajstić information content (AvgIpc) is 2.62. The molecule has 1 heterocycles. The zero-order valence-corrected chi connectivity index (χ0v) is 7.00. The highest BCUT2D eigenvalue weighted by Crippen LogP contribution is 2.45. The van der Waals surface area contributed by atoms with E-state index >= 15 is 0 Å². The smallest absolute Gasteiger partial charge is 0.0870 e. The van der Waals surface area contributed by atoms with Crippen LogP contribution in [0.25, 0.3) is 0 Å². The van der Waals surface area contributed by atoms with Crippen LogP contribution < -0.4 is 0 Å². The van der Waals surface area contributed by atoms with Crippen LogP contribution in [0.4, 0.5) is 0 Å². The van der Waals surface area contributed by atoms with E-state index in [1.165, 1.54) is 6.42 Å². The molecule has 1 aliphatic carbocycles. The fraction of sp³-hybridized carbons (Fsp3) is 1.00. The average molecular weight is 140 g/mol. The maximum Gasteiger partial charge on any atom is 0.0870 e. The van der Waals surface area contributed by atoms with Gasteiger partial charge in [-0.3, -0.25) is 0 Å². The predicted molar refractivity (Wildman–Crippen MR) is 40.8 cm³/mol. The van der Waals surface area contributed by atoms with Gasteiger partial charge in [0.15, 0.2) is 0 Å². The van der Waals surface area contributed by atoms with Crippen LogP contribution in [0.2, 0.25) is 0 Å². The summed E-state index contributed by atoms with van der Waals surface area (Å²) in [5, 5.41) is 0. The van der Waals surface area contributed by atoms with Gasteiger partial charge in [0.2, 0.25) is 0 Å². The van der Waals surface area contributed by atoms with Crippen LogP contribution in [-0.2, 0) is 4.74 Å². The molecule has 0 spiro atoms. The van der Waals surface area contributed by atoms with E-state index in [-0.39, 0.29) is 0 Å². The minimum absolute atomic E-state index is 0.631. The van der Waals surface area contributed by atoms with Gasteiger partial charge in [-0.1, -0.05) is 20.8 Å². The van der Waals surface area contributed by atoms with Crippen molar-refractivity contribution in [3.05, 3.63) is 0 Å². The van der Waals surface area contributed by atoms with Gasteiger partial charge in [0.1, 0.15) is 0 Å². The third-order valence-electron chi connectivity index (χ3n) is 3.47. The Morgan fingerprint density at radius 2 is 1.80 bits per heavy atom. The third kappa shape index (κ3) is 0.800. The standard InChI is InChI=1S/C9H16O/c1-5-4-8-9(10-8)7(3)6(5)2/h5-9H,4H2,1-3H3. The summed E-state index contributed by atoms with van der Waals surface area (Å²) in [5.41, 5.74) is 0. The van der Waals surface area contributed by atoms with Gasteiger partial charge in [0, 0.05) is 0 Å². The summed E-state index contributed by atoms with van der Waals surface area (Å²) in [6.45, 7) is 7.03. The summed E-state index contributed by atoms with van der Waals surface area (Å²) in [6.07, 6.45) is 2.57. The van der Waals surface area contributed by atoms with Gasteiger partial charge in [0.05, 0.1) is 12.2 Å². The normalized spacial score (nSPS) is 59.7. The molecule has 1 saturated heterocycles. The molecule has 1 nitrogen and oxygen atoms in total. The van der Waals surface area contributed by atoms with Crippen LogP contribution in [0.5, 0.6) is 0 Å². The van der Waals surface area contributed by atoms with Crippen molar-refractivity contribution in [2.45, 2.75) is 39.4 Å². The van der Waals surface area contributed by atoms with E-state index in [0.717, 1.165) is 17.8 Å². The number of hydrogen-bond acceptors (Lipinski definition) is 1. The molecule has 0 N–H and O–H groups in total. The number of ether oxygens (including phenoxy) is 1. The Morgan fingerprint density at radius 1 is 1.10 bits per heavy atom. The lowest BCUT2D eigenvalue weighted by Crippen LogP contribution is -2.28. The number of hydrogen-bond donors (Lipinski definition) is 0. The van der Waals surface area contributed by atoms with Crippen LogP contribution in [-0.4, -0.2) is 12.2 Å². The molecule has 2 rings (SSSR count). The molecule has 0 bridgehead atoms. The molecular formula is C9H16O. The molecule has 1 saturated carbocycles. The van der Waals surface area contributed by atoms with Gasteiger partial charge in [-0.15, -0.1) is 0 Å². The van der Waals surface area contributed by atoms with E-state index in [1.54, 1.807) is 0 Å². The van der Waals surface area contributed by atoms with E-state index in [0.29, 0.717) is 12.2 Å². The first kappa shape index (κ1) is 6.66. The van der Waals surface area contributed by atoms with Crippen molar-refractivity contribution in [2.24, 2.45) is 17.8 Å². The van der Waals surface area contributed by atoms with Crippen LogP contribution >= 0.6 is 0 Å². The summed E-state index contributed by atoms with van der Waals surface area (Å²) < 4.78 is 5.53. The summed E-state index contributed by atoms with van der Waals surface area (Å²) in [7, 11) is 0. The van der Waals surface area contributed by atoms with E-state index in [1.807, 2.05) is 0 Å². The summed E-state index contributed by atoms with van der Waals surface area (Å²) in [5.74, 6) is 2.54. The fourth-order valence-corrected chi connectivity index (χ4v) is 2.21. The SMILES string of the molecule is CC1CC2OC2C(C)C1C. The number of fused-ring (bicyclic) bond motifs is 1. The third-order valence-corrected chi connectivity index (χ3v) is 3.47. The first-order chi connectivity index (χ1) is 4.70. The topological polar surface area (TPSA) is 12.5 Å². The molecule has 2 fully saturated rings. The van der Waals surface area contributed by atoms with Crippen LogP contribution in [0.15, 0.2) is 0 Å². The second-order valence-corrected chi connectivity index (χ2v) is 4.07. The molecule has 1 aliphatic heterocycles. The minimum atomic E-state index is 0.631. The van der Waals surface area contributed by atoms with Crippen LogP contribution in [0, 0.1) is 17.8 Å². The van der Waals surface area contributed by atoms with Crippen molar-refractivity contribution in [3.8, 4) is 0 Å². The molecule has 5 unspecified atom stereocenters. The summed E-state index contributed by atoms with van der Waals surface area (Å²) >= 11 is 0. The van der Waals surface area contributed by atoms with Gasteiger partial charge in [-0.2, -0.15) is 0 Å². The lowest BCUT2D eigenvalue weighted by atomic mass is 9.75. The monoisotopic (exact) mass is 140 g/mol. The van der Waals surface area contributed by atoms with Crippen molar-refractivity contribution < 1.29 is 4.74 Å². The second kappa shape index (κ2) is 1.97. The Kier molecular flexibility index (Phi) is 1.31. The first-order valence-corrected chi connectivity index (χ1v) is 4.35. The Bertz CT molecular complexity index is 142. The highest BCUT2D eigenvalue weighted by molar-refractivity contribution is 4.97. The van der Waals surface area contributed by atoms with Gasteiger partial charge < -0.3 is 4.74 Å². The van der Waals surface area contributed by atoms with Crippen LogP contribution in [0.1, 0.15) is 27.2 Å². The zero-order valence-electron chi connectivity index (χ0n) is 7.00. The second-order valence-electron chi connectivity index (χ2n) is 4.07. The zero-order chi connectivity index (χ0) is 7.30. The highest BCUT2D eigenvalue weighted by atomic mass is 16.6. The minimum Gasteiger partial charge on any atom is -0.369 e. The van der Waals surface area contributed by atoms with E-state index in [2.05, 4.69) is 20.8 Å². The van der Waals surface area contributed by atoms with Crippen molar-refractivity contribution in [1.29, 1.82) is 0 Å². The Hall–Kier alpha value is -0.0400. The molecule has 0 aromatic heterocycles. The summed E-state index contributed by atoms with van der Waals surface area (Å²) in [6, 6.07) is 0. The number of epoxide rings is 1. The first-order valence-electron chi connectivity index (χ1n) is 4.35. The summed E-state index contributed by atoms with van der Waals surface area (Å²) in [4.78, 5) is 0.